The van der Waals surface area contributed by atoms with Gasteiger partial charge in [-0.25, -0.2) is 0 Å². The predicted octanol–water partition coefficient (Wildman–Crippen LogP) is 6.38. The number of hydrogen-bond acceptors (Lipinski definition) is 3. The molecule has 0 spiro atoms. The van der Waals surface area contributed by atoms with Gasteiger partial charge in [-0.3, -0.25) is 4.57 Å². The van der Waals surface area contributed by atoms with Crippen LogP contribution in [0.5, 0.6) is 0 Å². The topological polar surface area (TPSA) is 30.7 Å². The van der Waals surface area contributed by atoms with Gasteiger partial charge in [-0.2, -0.15) is 0 Å². The van der Waals surface area contributed by atoms with Crippen LogP contribution in [0.3, 0.4) is 0 Å². The number of nitrogens with zero attached hydrogens (tertiary/aromatic N) is 3. The van der Waals surface area contributed by atoms with E-state index in [-0.39, 0.29) is 0 Å². The third kappa shape index (κ3) is 4.39. The van der Waals surface area contributed by atoms with Crippen LogP contribution in [0.1, 0.15) is 5.56 Å². The van der Waals surface area contributed by atoms with Gasteiger partial charge in [0.1, 0.15) is 0 Å². The number of allylic oxidation sites excluding steroid dienone is 1. The zero-order chi connectivity index (χ0) is 17.8. The maximum Gasteiger partial charge on any atom is 0.192 e. The Hall–Kier alpha value is -1.46. The highest BCUT2D eigenvalue weighted by molar-refractivity contribution is 7.98. The van der Waals surface area contributed by atoms with Crippen molar-refractivity contribution in [2.75, 3.05) is 0 Å². The number of thioether (sulfide) groups is 1. The first-order chi connectivity index (χ1) is 12.1. The molecule has 1 aromatic heterocycles. The van der Waals surface area contributed by atoms with E-state index >= 15 is 0 Å². The van der Waals surface area contributed by atoms with Gasteiger partial charge < -0.3 is 0 Å². The van der Waals surface area contributed by atoms with Crippen LogP contribution in [-0.4, -0.2) is 14.8 Å². The maximum absolute atomic E-state index is 6.13. The van der Waals surface area contributed by atoms with Crippen LogP contribution in [0, 0.1) is 0 Å². The Morgan fingerprint density at radius 1 is 1.00 bits per heavy atom. The van der Waals surface area contributed by atoms with Crippen molar-refractivity contribution >= 4 is 46.6 Å². The number of aromatic nitrogens is 3. The van der Waals surface area contributed by atoms with Crippen molar-refractivity contribution in [1.82, 2.24) is 14.8 Å². The summed E-state index contributed by atoms with van der Waals surface area (Å²) in [4.78, 5) is 0. The molecule has 0 unspecified atom stereocenters. The average molecular weight is 411 g/mol. The molecular weight excluding hydrogens is 397 g/mol. The average Bonchev–Trinajstić information content (AvgIpc) is 3.00. The molecule has 0 saturated heterocycles. The summed E-state index contributed by atoms with van der Waals surface area (Å²) in [6.45, 7) is 4.43. The van der Waals surface area contributed by atoms with Crippen LogP contribution < -0.4 is 0 Å². The zero-order valence-electron chi connectivity index (χ0n) is 13.1. The molecule has 0 aliphatic rings. The standard InChI is InChI=1S/C18H14Cl3N3S/c1-2-9-24-17(13-5-8-15(20)16(21)10-13)22-23-18(24)25-11-12-3-6-14(19)7-4-12/h2-8,10H,1,9,11H2. The molecule has 0 bridgehead atoms. The Balaban J connectivity index is 1.87. The van der Waals surface area contributed by atoms with Crippen molar-refractivity contribution in [2.45, 2.75) is 17.5 Å². The largest absolute Gasteiger partial charge is 0.298 e. The second-order valence-electron chi connectivity index (χ2n) is 5.25. The van der Waals surface area contributed by atoms with Gasteiger partial charge in [-0.05, 0) is 35.9 Å². The summed E-state index contributed by atoms with van der Waals surface area (Å²) in [5.41, 5.74) is 2.03. The van der Waals surface area contributed by atoms with Crippen molar-refractivity contribution in [3.05, 3.63) is 75.8 Å². The molecule has 0 saturated carbocycles. The lowest BCUT2D eigenvalue weighted by atomic mass is 10.2. The van der Waals surface area contributed by atoms with Gasteiger partial charge in [0.25, 0.3) is 0 Å². The molecule has 3 aromatic rings. The molecule has 25 heavy (non-hydrogen) atoms. The third-order valence-electron chi connectivity index (χ3n) is 3.49. The van der Waals surface area contributed by atoms with Crippen LogP contribution >= 0.6 is 46.6 Å². The van der Waals surface area contributed by atoms with Gasteiger partial charge in [0.05, 0.1) is 10.0 Å². The third-order valence-corrected chi connectivity index (χ3v) is 5.52. The number of hydrogen-bond donors (Lipinski definition) is 0. The van der Waals surface area contributed by atoms with Crippen molar-refractivity contribution in [3.8, 4) is 11.4 Å². The summed E-state index contributed by atoms with van der Waals surface area (Å²) >= 11 is 19.7. The summed E-state index contributed by atoms with van der Waals surface area (Å²) < 4.78 is 2.01. The van der Waals surface area contributed by atoms with Crippen molar-refractivity contribution in [2.24, 2.45) is 0 Å². The lowest BCUT2D eigenvalue weighted by Gasteiger charge is -2.08. The number of benzene rings is 2. The predicted molar refractivity (Wildman–Crippen MR) is 107 cm³/mol. The van der Waals surface area contributed by atoms with Crippen LogP contribution in [0.4, 0.5) is 0 Å². The molecule has 0 aliphatic heterocycles. The van der Waals surface area contributed by atoms with Crippen molar-refractivity contribution in [3.63, 3.8) is 0 Å². The molecule has 0 atom stereocenters. The van der Waals surface area contributed by atoms with Crippen LogP contribution in [-0.2, 0) is 12.3 Å². The van der Waals surface area contributed by atoms with E-state index in [9.17, 15) is 0 Å². The Bertz CT molecular complexity index is 891. The van der Waals surface area contributed by atoms with E-state index in [0.717, 1.165) is 27.3 Å². The van der Waals surface area contributed by atoms with Gasteiger partial charge >= 0.3 is 0 Å². The molecule has 2 aromatic carbocycles. The first-order valence-corrected chi connectivity index (χ1v) is 9.57. The van der Waals surface area contributed by atoms with E-state index in [1.807, 2.05) is 41.0 Å². The number of halogens is 3. The van der Waals surface area contributed by atoms with Gasteiger partial charge in [0, 0.05) is 22.9 Å². The molecular formula is C18H14Cl3N3S. The molecule has 3 nitrogen and oxygen atoms in total. The fourth-order valence-electron chi connectivity index (χ4n) is 2.27. The monoisotopic (exact) mass is 409 g/mol. The van der Waals surface area contributed by atoms with Gasteiger partial charge in [-0.15, -0.1) is 16.8 Å². The lowest BCUT2D eigenvalue weighted by Crippen LogP contribution is -2.00. The van der Waals surface area contributed by atoms with E-state index in [1.54, 1.807) is 23.9 Å². The minimum atomic E-state index is 0.489. The first kappa shape index (κ1) is 18.3. The summed E-state index contributed by atoms with van der Waals surface area (Å²) in [7, 11) is 0. The van der Waals surface area contributed by atoms with Crippen molar-refractivity contribution in [1.29, 1.82) is 0 Å². The lowest BCUT2D eigenvalue weighted by molar-refractivity contribution is 0.731. The van der Waals surface area contributed by atoms with Gasteiger partial charge in [0.2, 0.25) is 0 Å². The van der Waals surface area contributed by atoms with E-state index in [1.165, 1.54) is 5.56 Å². The van der Waals surface area contributed by atoms with E-state index < -0.39 is 0 Å². The molecule has 128 valence electrons. The van der Waals surface area contributed by atoms with E-state index in [4.69, 9.17) is 34.8 Å². The molecule has 0 amide bonds. The highest BCUT2D eigenvalue weighted by Crippen LogP contribution is 2.30. The molecule has 0 N–H and O–H groups in total. The maximum atomic E-state index is 6.13. The SMILES string of the molecule is C=CCn1c(SCc2ccc(Cl)cc2)nnc1-c1ccc(Cl)c(Cl)c1. The zero-order valence-corrected chi connectivity index (χ0v) is 16.2. The van der Waals surface area contributed by atoms with Gasteiger partial charge in [-0.1, -0.05) is 64.8 Å². The summed E-state index contributed by atoms with van der Waals surface area (Å²) in [6, 6.07) is 13.2. The van der Waals surface area contributed by atoms with Crippen LogP contribution in [0.25, 0.3) is 11.4 Å². The molecule has 7 heteroatoms. The van der Waals surface area contributed by atoms with Crippen molar-refractivity contribution < 1.29 is 0 Å². The Morgan fingerprint density at radius 3 is 2.44 bits per heavy atom. The normalized spacial score (nSPS) is 10.8. The summed E-state index contributed by atoms with van der Waals surface area (Å²) in [5, 5.41) is 11.2. The van der Waals surface area contributed by atoms with E-state index in [2.05, 4.69) is 16.8 Å². The first-order valence-electron chi connectivity index (χ1n) is 7.45. The Labute approximate surface area is 165 Å². The Morgan fingerprint density at radius 2 is 1.76 bits per heavy atom. The molecule has 0 fully saturated rings. The van der Waals surface area contributed by atoms with Gasteiger partial charge in [0.15, 0.2) is 11.0 Å². The molecule has 1 heterocycles. The smallest absolute Gasteiger partial charge is 0.192 e. The summed E-state index contributed by atoms with van der Waals surface area (Å²) in [5.74, 6) is 1.51. The summed E-state index contributed by atoms with van der Waals surface area (Å²) in [6.07, 6.45) is 1.82. The van der Waals surface area contributed by atoms with Crippen LogP contribution in [0.15, 0.2) is 60.3 Å². The highest BCUT2D eigenvalue weighted by Gasteiger charge is 2.14. The quantitative estimate of drug-likeness (QED) is 0.349. The second-order valence-corrected chi connectivity index (χ2v) is 7.44. The fourth-order valence-corrected chi connectivity index (χ4v) is 3.59. The highest BCUT2D eigenvalue weighted by atomic mass is 35.5. The molecule has 0 radical (unpaired) electrons. The minimum Gasteiger partial charge on any atom is -0.298 e. The number of rotatable bonds is 6. The molecule has 3 rings (SSSR count). The Kier molecular flexibility index (Phi) is 6.07. The molecule has 0 aliphatic carbocycles. The van der Waals surface area contributed by atoms with Crippen LogP contribution in [0.2, 0.25) is 15.1 Å². The van der Waals surface area contributed by atoms with E-state index in [0.29, 0.717) is 16.6 Å². The second kappa shape index (κ2) is 8.28. The minimum absolute atomic E-state index is 0.489. The fraction of sp³-hybridized carbons (Fsp3) is 0.111.